The molecule has 0 radical (unpaired) electrons. The molecule has 0 aliphatic heterocycles. The van der Waals surface area contributed by atoms with Gasteiger partial charge in [0.1, 0.15) is 17.6 Å². The highest BCUT2D eigenvalue weighted by Crippen LogP contribution is 2.25. The Labute approximate surface area is 155 Å². The number of hydrogen-bond donors (Lipinski definition) is 1. The molecule has 0 unspecified atom stereocenters. The van der Waals surface area contributed by atoms with Gasteiger partial charge in [0.15, 0.2) is 6.61 Å². The molecule has 6 nitrogen and oxygen atoms in total. The van der Waals surface area contributed by atoms with Gasteiger partial charge in [0.2, 0.25) is 17.5 Å². The van der Waals surface area contributed by atoms with Crippen molar-refractivity contribution in [3.8, 4) is 17.6 Å². The Balaban J connectivity index is 1.69. The van der Waals surface area contributed by atoms with Crippen molar-refractivity contribution < 1.29 is 13.9 Å². The number of anilines is 2. The molecule has 0 bridgehead atoms. The van der Waals surface area contributed by atoms with Gasteiger partial charge in [-0.3, -0.25) is 0 Å². The molecule has 0 aliphatic rings. The third kappa shape index (κ3) is 4.47. The van der Waals surface area contributed by atoms with Crippen LogP contribution in [0.4, 0.5) is 11.6 Å². The first-order valence-corrected chi connectivity index (χ1v) is 8.34. The van der Waals surface area contributed by atoms with E-state index in [9.17, 15) is 5.26 Å². The van der Waals surface area contributed by atoms with Gasteiger partial charge in [0, 0.05) is 10.7 Å². The molecular weight excluding hydrogens is 354 g/mol. The molecule has 0 amide bonds. The number of nitrogens with one attached hydrogen (secondary N) is 1. The Hall–Kier alpha value is -3.17. The number of rotatable bonds is 7. The molecule has 1 heterocycles. The molecule has 2 aromatic carbocycles. The minimum Gasteiger partial charge on any atom is -0.494 e. The predicted molar refractivity (Wildman–Crippen MR) is 97.9 cm³/mol. The fourth-order valence-electron chi connectivity index (χ4n) is 2.22. The van der Waals surface area contributed by atoms with Crippen LogP contribution in [0.2, 0.25) is 5.02 Å². The highest BCUT2D eigenvalue weighted by Gasteiger charge is 2.14. The van der Waals surface area contributed by atoms with E-state index in [-0.39, 0.29) is 24.1 Å². The van der Waals surface area contributed by atoms with Gasteiger partial charge in [-0.25, -0.2) is 0 Å². The van der Waals surface area contributed by atoms with Crippen molar-refractivity contribution in [2.24, 2.45) is 0 Å². The average molecular weight is 370 g/mol. The Morgan fingerprint density at radius 3 is 2.65 bits per heavy atom. The fraction of sp³-hybridized carbons (Fsp3) is 0.158. The van der Waals surface area contributed by atoms with Crippen LogP contribution in [0, 0.1) is 11.3 Å². The van der Waals surface area contributed by atoms with E-state index in [0.717, 1.165) is 11.4 Å². The molecule has 1 aromatic heterocycles. The molecular formula is C19H16ClN3O3. The maximum atomic E-state index is 9.25. The van der Waals surface area contributed by atoms with Crippen LogP contribution in [0.3, 0.4) is 0 Å². The minimum atomic E-state index is 0.0833. The van der Waals surface area contributed by atoms with Crippen LogP contribution in [0.5, 0.6) is 11.5 Å². The van der Waals surface area contributed by atoms with E-state index in [1.807, 2.05) is 37.3 Å². The number of nitrogens with zero attached hydrogens (tertiary/aromatic N) is 2. The average Bonchev–Trinajstić information content (AvgIpc) is 3.04. The van der Waals surface area contributed by atoms with Gasteiger partial charge in [-0.15, -0.1) is 0 Å². The molecule has 7 heteroatoms. The maximum Gasteiger partial charge on any atom is 0.236 e. The van der Waals surface area contributed by atoms with E-state index in [0.29, 0.717) is 17.4 Å². The van der Waals surface area contributed by atoms with Gasteiger partial charge in [-0.2, -0.15) is 10.2 Å². The lowest BCUT2D eigenvalue weighted by Crippen LogP contribution is -1.95. The highest BCUT2D eigenvalue weighted by molar-refractivity contribution is 6.30. The number of hydrogen-bond acceptors (Lipinski definition) is 6. The number of nitriles is 1. The summed E-state index contributed by atoms with van der Waals surface area (Å²) in [6.45, 7) is 2.61. The monoisotopic (exact) mass is 369 g/mol. The first-order valence-electron chi connectivity index (χ1n) is 7.96. The molecule has 26 heavy (non-hydrogen) atoms. The maximum absolute atomic E-state index is 9.25. The smallest absolute Gasteiger partial charge is 0.236 e. The largest absolute Gasteiger partial charge is 0.494 e. The number of benzene rings is 2. The van der Waals surface area contributed by atoms with E-state index < -0.39 is 0 Å². The van der Waals surface area contributed by atoms with Gasteiger partial charge >= 0.3 is 0 Å². The highest BCUT2D eigenvalue weighted by atomic mass is 35.5. The normalized spacial score (nSPS) is 10.2. The first-order chi connectivity index (χ1) is 12.7. The summed E-state index contributed by atoms with van der Waals surface area (Å²) in [5.74, 6) is 1.92. The summed E-state index contributed by atoms with van der Waals surface area (Å²) in [5, 5.41) is 12.9. The van der Waals surface area contributed by atoms with E-state index in [1.54, 1.807) is 24.3 Å². The quantitative estimate of drug-likeness (QED) is 0.636. The summed E-state index contributed by atoms with van der Waals surface area (Å²) in [5.41, 5.74) is 0.909. The molecule has 0 aliphatic carbocycles. The predicted octanol–water partition coefficient (Wildman–Crippen LogP) is 4.92. The fourth-order valence-corrected chi connectivity index (χ4v) is 2.40. The van der Waals surface area contributed by atoms with Crippen LogP contribution in [0.15, 0.2) is 52.9 Å². The summed E-state index contributed by atoms with van der Waals surface area (Å²) >= 11 is 5.92. The molecule has 0 saturated carbocycles. The molecule has 3 rings (SSSR count). The third-order valence-corrected chi connectivity index (χ3v) is 3.59. The Morgan fingerprint density at radius 2 is 1.96 bits per heavy atom. The van der Waals surface area contributed by atoms with Crippen molar-refractivity contribution in [3.63, 3.8) is 0 Å². The SMILES string of the molecule is CCOc1ccc(Nc2oc(COc3cccc(Cl)c3)nc2C#N)cc1. The standard InChI is InChI=1S/C19H16ClN3O3/c1-2-24-15-8-6-14(7-9-15)22-19-17(11-21)23-18(26-19)12-25-16-5-3-4-13(20)10-16/h3-10,22H,2,12H2,1H3. The van der Waals surface area contributed by atoms with Crippen LogP contribution in [-0.2, 0) is 6.61 Å². The van der Waals surface area contributed by atoms with E-state index in [4.69, 9.17) is 25.5 Å². The van der Waals surface area contributed by atoms with Crippen molar-refractivity contribution in [1.29, 1.82) is 5.26 Å². The lowest BCUT2D eigenvalue weighted by Gasteiger charge is -2.06. The second kappa shape index (κ2) is 8.28. The number of ether oxygens (including phenoxy) is 2. The van der Waals surface area contributed by atoms with Crippen molar-refractivity contribution in [2.45, 2.75) is 13.5 Å². The molecule has 1 N–H and O–H groups in total. The zero-order valence-corrected chi connectivity index (χ0v) is 14.8. The summed E-state index contributed by atoms with van der Waals surface area (Å²) in [7, 11) is 0. The lowest BCUT2D eigenvalue weighted by atomic mass is 10.3. The second-order valence-corrected chi connectivity index (χ2v) is 5.66. The van der Waals surface area contributed by atoms with Gasteiger partial charge in [0.25, 0.3) is 0 Å². The summed E-state index contributed by atoms with van der Waals surface area (Å²) < 4.78 is 16.6. The molecule has 0 spiro atoms. The third-order valence-electron chi connectivity index (χ3n) is 3.36. The molecule has 132 valence electrons. The topological polar surface area (TPSA) is 80.3 Å². The molecule has 0 saturated heterocycles. The van der Waals surface area contributed by atoms with Gasteiger partial charge in [-0.05, 0) is 49.4 Å². The van der Waals surface area contributed by atoms with E-state index >= 15 is 0 Å². The first kappa shape index (κ1) is 17.6. The summed E-state index contributed by atoms with van der Waals surface area (Å²) in [6, 6.07) is 16.3. The van der Waals surface area contributed by atoms with Gasteiger partial charge in [0.05, 0.1) is 6.61 Å². The summed E-state index contributed by atoms with van der Waals surface area (Å²) in [6.07, 6.45) is 0. The van der Waals surface area contributed by atoms with Crippen molar-refractivity contribution in [1.82, 2.24) is 4.98 Å². The Kier molecular flexibility index (Phi) is 5.62. The van der Waals surface area contributed by atoms with Crippen molar-refractivity contribution in [3.05, 3.63) is 65.1 Å². The zero-order chi connectivity index (χ0) is 18.4. The molecule has 0 atom stereocenters. The molecule has 3 aromatic rings. The number of oxazole rings is 1. The van der Waals surface area contributed by atoms with Crippen LogP contribution in [0.25, 0.3) is 0 Å². The van der Waals surface area contributed by atoms with Crippen molar-refractivity contribution in [2.75, 3.05) is 11.9 Å². The van der Waals surface area contributed by atoms with Crippen LogP contribution in [-0.4, -0.2) is 11.6 Å². The van der Waals surface area contributed by atoms with Crippen LogP contribution < -0.4 is 14.8 Å². The van der Waals surface area contributed by atoms with E-state index in [2.05, 4.69) is 10.3 Å². The van der Waals surface area contributed by atoms with Crippen LogP contribution in [0.1, 0.15) is 18.5 Å². The van der Waals surface area contributed by atoms with Crippen molar-refractivity contribution >= 4 is 23.2 Å². The Morgan fingerprint density at radius 1 is 1.15 bits per heavy atom. The van der Waals surface area contributed by atoms with Crippen LogP contribution >= 0.6 is 11.6 Å². The van der Waals surface area contributed by atoms with Gasteiger partial charge < -0.3 is 19.2 Å². The lowest BCUT2D eigenvalue weighted by molar-refractivity contribution is 0.265. The summed E-state index contributed by atoms with van der Waals surface area (Å²) in [4.78, 5) is 4.14. The Bertz CT molecular complexity index is 917. The number of aromatic nitrogens is 1. The minimum absolute atomic E-state index is 0.0833. The van der Waals surface area contributed by atoms with E-state index in [1.165, 1.54) is 0 Å². The second-order valence-electron chi connectivity index (χ2n) is 5.23. The number of halogens is 1. The molecule has 0 fully saturated rings. The van der Waals surface area contributed by atoms with Gasteiger partial charge in [-0.1, -0.05) is 17.7 Å². The zero-order valence-electron chi connectivity index (χ0n) is 14.0.